The lowest BCUT2D eigenvalue weighted by Gasteiger charge is -2.27. The summed E-state index contributed by atoms with van der Waals surface area (Å²) in [6.45, 7) is 4.33. The highest BCUT2D eigenvalue weighted by Gasteiger charge is 2.16. The fourth-order valence-corrected chi connectivity index (χ4v) is 3.75. The Kier molecular flexibility index (Phi) is 5.37. The Morgan fingerprint density at radius 1 is 1.04 bits per heavy atom. The molecule has 0 unspecified atom stereocenters. The molecule has 0 aliphatic carbocycles. The van der Waals surface area contributed by atoms with Gasteiger partial charge in [-0.2, -0.15) is 0 Å². The molecule has 1 aliphatic heterocycles. The molecule has 7 nitrogen and oxygen atoms in total. The molecular weight excluding hydrogens is 340 g/mol. The molecular formula is C17H22N4O3S. The first-order chi connectivity index (χ1) is 12.1. The number of nitrogens with zero attached hydrogens (tertiary/aromatic N) is 3. The zero-order chi connectivity index (χ0) is 17.7. The van der Waals surface area contributed by atoms with Gasteiger partial charge in [-0.25, -0.2) is 8.42 Å². The molecule has 2 heterocycles. The molecule has 8 heteroatoms. The monoisotopic (exact) mass is 362 g/mol. The highest BCUT2D eigenvalue weighted by atomic mass is 32.2. The van der Waals surface area contributed by atoms with Gasteiger partial charge in [0.2, 0.25) is 0 Å². The van der Waals surface area contributed by atoms with Crippen LogP contribution in [0.1, 0.15) is 26.2 Å². The summed E-state index contributed by atoms with van der Waals surface area (Å²) in [6, 6.07) is 9.70. The number of nitrogens with one attached hydrogen (secondary N) is 1. The smallest absolute Gasteiger partial charge is 0.263 e. The Balaban J connectivity index is 1.69. The topological polar surface area (TPSA) is 84.4 Å². The fraction of sp³-hybridized carbons (Fsp3) is 0.412. The largest absolute Gasteiger partial charge is 0.494 e. The summed E-state index contributed by atoms with van der Waals surface area (Å²) in [6.07, 6.45) is 3.53. The van der Waals surface area contributed by atoms with Crippen molar-refractivity contribution in [2.75, 3.05) is 29.3 Å². The Bertz CT molecular complexity index is 786. The predicted octanol–water partition coefficient (Wildman–Crippen LogP) is 2.67. The summed E-state index contributed by atoms with van der Waals surface area (Å²) < 4.78 is 32.6. The van der Waals surface area contributed by atoms with Gasteiger partial charge in [-0.15, -0.1) is 10.2 Å². The third kappa shape index (κ3) is 4.39. The highest BCUT2D eigenvalue weighted by molar-refractivity contribution is 7.92. The fourth-order valence-electron chi connectivity index (χ4n) is 2.75. The standard InChI is InChI=1S/C17H22N4O3S/c1-2-24-14-6-8-15(9-7-14)25(22,23)20-16-10-11-17(19-18-16)21-12-4-3-5-13-21/h6-11H,2-5,12-13H2,1H3,(H,18,20). The molecule has 1 N–H and O–H groups in total. The number of aromatic nitrogens is 2. The predicted molar refractivity (Wildman–Crippen MR) is 96.5 cm³/mol. The second-order valence-electron chi connectivity index (χ2n) is 5.83. The summed E-state index contributed by atoms with van der Waals surface area (Å²) >= 11 is 0. The third-order valence-corrected chi connectivity index (χ3v) is 5.39. The normalized spacial score (nSPS) is 15.0. The van der Waals surface area contributed by atoms with Crippen molar-refractivity contribution in [3.8, 4) is 5.75 Å². The number of sulfonamides is 1. The maximum atomic E-state index is 12.4. The highest BCUT2D eigenvalue weighted by Crippen LogP contribution is 2.20. The van der Waals surface area contributed by atoms with Crippen LogP contribution in [-0.4, -0.2) is 38.3 Å². The van der Waals surface area contributed by atoms with E-state index in [9.17, 15) is 8.42 Å². The van der Waals surface area contributed by atoms with Crippen molar-refractivity contribution in [1.29, 1.82) is 0 Å². The van der Waals surface area contributed by atoms with E-state index in [2.05, 4.69) is 19.8 Å². The summed E-state index contributed by atoms with van der Waals surface area (Å²) in [5, 5.41) is 8.15. The van der Waals surface area contributed by atoms with E-state index in [1.54, 1.807) is 24.3 Å². The van der Waals surface area contributed by atoms with Crippen LogP contribution in [0.25, 0.3) is 0 Å². The van der Waals surface area contributed by atoms with Crippen molar-refractivity contribution < 1.29 is 13.2 Å². The first-order valence-corrected chi connectivity index (χ1v) is 9.91. The second-order valence-corrected chi connectivity index (χ2v) is 7.52. The number of benzene rings is 1. The van der Waals surface area contributed by atoms with Gasteiger partial charge < -0.3 is 9.64 Å². The van der Waals surface area contributed by atoms with E-state index >= 15 is 0 Å². The maximum Gasteiger partial charge on any atom is 0.263 e. The lowest BCUT2D eigenvalue weighted by molar-refractivity contribution is 0.340. The van der Waals surface area contributed by atoms with Crippen LogP contribution < -0.4 is 14.4 Å². The van der Waals surface area contributed by atoms with E-state index in [4.69, 9.17) is 4.74 Å². The van der Waals surface area contributed by atoms with E-state index in [1.165, 1.54) is 18.6 Å². The van der Waals surface area contributed by atoms with Crippen LogP contribution >= 0.6 is 0 Å². The molecule has 0 radical (unpaired) electrons. The van der Waals surface area contributed by atoms with Crippen molar-refractivity contribution in [2.45, 2.75) is 31.1 Å². The van der Waals surface area contributed by atoms with Gasteiger partial charge in [0.15, 0.2) is 11.6 Å². The molecule has 0 amide bonds. The van der Waals surface area contributed by atoms with E-state index < -0.39 is 10.0 Å². The van der Waals surface area contributed by atoms with E-state index in [-0.39, 0.29) is 10.7 Å². The zero-order valence-corrected chi connectivity index (χ0v) is 15.0. The van der Waals surface area contributed by atoms with Crippen LogP contribution in [-0.2, 0) is 10.0 Å². The summed E-state index contributed by atoms with van der Waals surface area (Å²) in [5.74, 6) is 1.62. The van der Waals surface area contributed by atoms with Crippen LogP contribution in [0.3, 0.4) is 0 Å². The summed E-state index contributed by atoms with van der Waals surface area (Å²) in [5.41, 5.74) is 0. The minimum atomic E-state index is -3.70. The number of hydrogen-bond acceptors (Lipinski definition) is 6. The lowest BCUT2D eigenvalue weighted by Crippen LogP contribution is -2.30. The van der Waals surface area contributed by atoms with E-state index in [1.807, 2.05) is 6.92 Å². The van der Waals surface area contributed by atoms with Gasteiger partial charge in [0.25, 0.3) is 10.0 Å². The molecule has 25 heavy (non-hydrogen) atoms. The van der Waals surface area contributed by atoms with Crippen LogP contribution in [0.5, 0.6) is 5.75 Å². The number of rotatable bonds is 6. The van der Waals surface area contributed by atoms with E-state index in [0.29, 0.717) is 12.4 Å². The summed E-state index contributed by atoms with van der Waals surface area (Å²) in [7, 11) is -3.70. The average molecular weight is 362 g/mol. The molecule has 0 spiro atoms. The van der Waals surface area contributed by atoms with Crippen molar-refractivity contribution in [1.82, 2.24) is 10.2 Å². The Morgan fingerprint density at radius 2 is 1.76 bits per heavy atom. The molecule has 2 aromatic rings. The first-order valence-electron chi connectivity index (χ1n) is 8.43. The lowest BCUT2D eigenvalue weighted by atomic mass is 10.1. The van der Waals surface area contributed by atoms with Crippen molar-refractivity contribution >= 4 is 21.7 Å². The molecule has 1 aromatic heterocycles. The van der Waals surface area contributed by atoms with Gasteiger partial charge in [0.1, 0.15) is 5.75 Å². The van der Waals surface area contributed by atoms with Gasteiger partial charge >= 0.3 is 0 Å². The first kappa shape index (κ1) is 17.5. The third-order valence-electron chi connectivity index (χ3n) is 4.01. The Hall–Kier alpha value is -2.35. The van der Waals surface area contributed by atoms with Crippen molar-refractivity contribution in [3.63, 3.8) is 0 Å². The number of hydrogen-bond donors (Lipinski definition) is 1. The van der Waals surface area contributed by atoms with Crippen LogP contribution in [0.2, 0.25) is 0 Å². The quantitative estimate of drug-likeness (QED) is 0.850. The average Bonchev–Trinajstić information content (AvgIpc) is 2.63. The molecule has 1 aliphatic rings. The molecule has 134 valence electrons. The van der Waals surface area contributed by atoms with Gasteiger partial charge in [-0.1, -0.05) is 0 Å². The van der Waals surface area contributed by atoms with Crippen LogP contribution in [0, 0.1) is 0 Å². The van der Waals surface area contributed by atoms with Gasteiger partial charge in [0, 0.05) is 13.1 Å². The minimum absolute atomic E-state index is 0.151. The minimum Gasteiger partial charge on any atom is -0.494 e. The maximum absolute atomic E-state index is 12.4. The number of piperidine rings is 1. The van der Waals surface area contributed by atoms with Crippen LogP contribution in [0.15, 0.2) is 41.3 Å². The van der Waals surface area contributed by atoms with Crippen molar-refractivity contribution in [2.24, 2.45) is 0 Å². The molecule has 1 fully saturated rings. The second kappa shape index (κ2) is 7.69. The molecule has 1 aromatic carbocycles. The zero-order valence-electron chi connectivity index (χ0n) is 14.2. The molecule has 0 atom stereocenters. The Labute approximate surface area is 148 Å². The molecule has 0 saturated carbocycles. The molecule has 1 saturated heterocycles. The molecule has 0 bridgehead atoms. The number of anilines is 2. The Morgan fingerprint density at radius 3 is 2.36 bits per heavy atom. The van der Waals surface area contributed by atoms with E-state index in [0.717, 1.165) is 31.7 Å². The van der Waals surface area contributed by atoms with Gasteiger partial charge in [-0.3, -0.25) is 4.72 Å². The van der Waals surface area contributed by atoms with Gasteiger partial charge in [-0.05, 0) is 62.6 Å². The van der Waals surface area contributed by atoms with Crippen LogP contribution in [0.4, 0.5) is 11.6 Å². The number of ether oxygens (including phenoxy) is 1. The SMILES string of the molecule is CCOc1ccc(S(=O)(=O)Nc2ccc(N3CCCCC3)nn2)cc1. The van der Waals surface area contributed by atoms with Gasteiger partial charge in [0.05, 0.1) is 11.5 Å². The molecule has 3 rings (SSSR count). The summed E-state index contributed by atoms with van der Waals surface area (Å²) in [4.78, 5) is 2.32. The van der Waals surface area contributed by atoms with Crippen molar-refractivity contribution in [3.05, 3.63) is 36.4 Å².